The zero-order chi connectivity index (χ0) is 22.1. The molecule has 0 heterocycles. The smallest absolute Gasteiger partial charge is 0.324 e. The van der Waals surface area contributed by atoms with Crippen LogP contribution in [0.3, 0.4) is 0 Å². The van der Waals surface area contributed by atoms with Crippen LogP contribution < -0.4 is 9.62 Å². The van der Waals surface area contributed by atoms with Gasteiger partial charge in [0, 0.05) is 5.69 Å². The van der Waals surface area contributed by atoms with Gasteiger partial charge in [-0.15, -0.1) is 0 Å². The summed E-state index contributed by atoms with van der Waals surface area (Å²) in [5.74, 6) is -0.785. The lowest BCUT2D eigenvalue weighted by Gasteiger charge is -2.29. The number of nitrogens with zero attached hydrogens (tertiary/aromatic N) is 1. The third-order valence-corrected chi connectivity index (χ3v) is 5.79. The number of alkyl halides is 3. The van der Waals surface area contributed by atoms with Crippen LogP contribution in [0.2, 0.25) is 5.02 Å². The van der Waals surface area contributed by atoms with Crippen molar-refractivity contribution in [2.75, 3.05) is 15.9 Å². The average Bonchev–Trinajstić information content (AvgIpc) is 2.57. The Hall–Kier alpha value is -2.26. The molecule has 0 unspecified atom stereocenters. The van der Waals surface area contributed by atoms with Crippen LogP contribution in [-0.2, 0) is 21.0 Å². The lowest BCUT2D eigenvalue weighted by Crippen LogP contribution is -2.45. The summed E-state index contributed by atoms with van der Waals surface area (Å²) in [5.41, 5.74) is 0.500. The molecule has 0 saturated heterocycles. The van der Waals surface area contributed by atoms with Gasteiger partial charge in [-0.1, -0.05) is 23.7 Å². The molecule has 2 aromatic rings. The van der Waals surface area contributed by atoms with Crippen molar-refractivity contribution in [3.05, 3.63) is 58.1 Å². The molecule has 2 rings (SSSR count). The van der Waals surface area contributed by atoms with Crippen molar-refractivity contribution in [1.82, 2.24) is 0 Å². The van der Waals surface area contributed by atoms with Gasteiger partial charge in [-0.05, 0) is 56.2 Å². The molecule has 5 nitrogen and oxygen atoms in total. The maximum absolute atomic E-state index is 13.0. The number of anilines is 2. The third-order valence-electron chi connectivity index (χ3n) is 4.23. The van der Waals surface area contributed by atoms with Crippen molar-refractivity contribution in [2.24, 2.45) is 0 Å². The fourth-order valence-corrected chi connectivity index (χ4v) is 4.25. The number of nitrogens with one attached hydrogen (secondary N) is 1. The predicted octanol–water partition coefficient (Wildman–Crippen LogP) is 4.77. The van der Waals surface area contributed by atoms with Gasteiger partial charge in [-0.25, -0.2) is 8.42 Å². The Morgan fingerprint density at radius 1 is 1.14 bits per heavy atom. The highest BCUT2D eigenvalue weighted by Gasteiger charge is 2.34. The SMILES string of the molecule is Cc1ccc(C)c(N([C@@H](C)C(=O)Nc2ccc(Cl)c(C(F)(F)F)c2)S(C)(=O)=O)c1. The fourth-order valence-electron chi connectivity index (χ4n) is 2.80. The van der Waals surface area contributed by atoms with Gasteiger partial charge in [0.15, 0.2) is 0 Å². The van der Waals surface area contributed by atoms with Crippen LogP contribution in [0.4, 0.5) is 24.5 Å². The van der Waals surface area contributed by atoms with E-state index < -0.39 is 38.7 Å². The van der Waals surface area contributed by atoms with Crippen molar-refractivity contribution in [3.8, 4) is 0 Å². The van der Waals surface area contributed by atoms with Crippen molar-refractivity contribution < 1.29 is 26.4 Å². The molecule has 0 aliphatic rings. The number of aryl methyl sites for hydroxylation is 2. The lowest BCUT2D eigenvalue weighted by atomic mass is 10.1. The Labute approximate surface area is 172 Å². The molecular formula is C19H20ClF3N2O3S. The van der Waals surface area contributed by atoms with Crippen molar-refractivity contribution in [1.29, 1.82) is 0 Å². The Morgan fingerprint density at radius 3 is 2.31 bits per heavy atom. The van der Waals surface area contributed by atoms with Crippen LogP contribution in [0, 0.1) is 13.8 Å². The summed E-state index contributed by atoms with van der Waals surface area (Å²) < 4.78 is 64.8. The molecule has 0 aromatic heterocycles. The normalized spacial score (nSPS) is 13.1. The van der Waals surface area contributed by atoms with E-state index in [1.54, 1.807) is 32.0 Å². The third kappa shape index (κ3) is 5.42. The maximum Gasteiger partial charge on any atom is 0.417 e. The number of hydrogen-bond acceptors (Lipinski definition) is 3. The maximum atomic E-state index is 13.0. The Balaban J connectivity index is 2.40. The molecule has 0 aliphatic heterocycles. The van der Waals surface area contributed by atoms with Gasteiger partial charge in [-0.2, -0.15) is 13.2 Å². The Kier molecular flexibility index (Phi) is 6.54. The molecule has 0 fully saturated rings. The number of sulfonamides is 1. The number of benzene rings is 2. The molecule has 0 aliphatic carbocycles. The van der Waals surface area contributed by atoms with Gasteiger partial charge in [0.05, 0.1) is 22.5 Å². The van der Waals surface area contributed by atoms with E-state index in [2.05, 4.69) is 5.32 Å². The number of hydrogen-bond donors (Lipinski definition) is 1. The molecule has 158 valence electrons. The van der Waals surface area contributed by atoms with Gasteiger partial charge < -0.3 is 5.32 Å². The van der Waals surface area contributed by atoms with Crippen LogP contribution in [0.1, 0.15) is 23.6 Å². The molecule has 0 radical (unpaired) electrons. The van der Waals surface area contributed by atoms with Gasteiger partial charge in [0.25, 0.3) is 0 Å². The monoisotopic (exact) mass is 448 g/mol. The van der Waals surface area contributed by atoms with Crippen LogP contribution >= 0.6 is 11.6 Å². The van der Waals surface area contributed by atoms with E-state index in [0.29, 0.717) is 17.3 Å². The summed E-state index contributed by atoms with van der Waals surface area (Å²) in [6.45, 7) is 4.84. The average molecular weight is 449 g/mol. The first-order chi connectivity index (χ1) is 13.2. The minimum absolute atomic E-state index is 0.145. The van der Waals surface area contributed by atoms with Gasteiger partial charge >= 0.3 is 6.18 Å². The van der Waals surface area contributed by atoms with E-state index in [-0.39, 0.29) is 5.69 Å². The Morgan fingerprint density at radius 2 is 1.76 bits per heavy atom. The zero-order valence-electron chi connectivity index (χ0n) is 16.1. The molecule has 2 aromatic carbocycles. The predicted molar refractivity (Wildman–Crippen MR) is 108 cm³/mol. The second kappa shape index (κ2) is 8.23. The second-order valence-electron chi connectivity index (χ2n) is 6.71. The number of halogens is 4. The highest BCUT2D eigenvalue weighted by molar-refractivity contribution is 7.92. The zero-order valence-corrected chi connectivity index (χ0v) is 17.7. The first-order valence-electron chi connectivity index (χ1n) is 8.46. The van der Waals surface area contributed by atoms with E-state index in [1.165, 1.54) is 13.0 Å². The van der Waals surface area contributed by atoms with Gasteiger partial charge in [0.2, 0.25) is 15.9 Å². The molecule has 0 spiro atoms. The van der Waals surface area contributed by atoms with Crippen LogP contribution in [0.5, 0.6) is 0 Å². The molecular weight excluding hydrogens is 429 g/mol. The van der Waals surface area contributed by atoms with E-state index in [1.807, 2.05) is 0 Å². The fraction of sp³-hybridized carbons (Fsp3) is 0.316. The van der Waals surface area contributed by atoms with E-state index >= 15 is 0 Å². The molecule has 10 heteroatoms. The number of amides is 1. The van der Waals surface area contributed by atoms with Gasteiger partial charge in [-0.3, -0.25) is 9.10 Å². The Bertz CT molecular complexity index is 1040. The summed E-state index contributed by atoms with van der Waals surface area (Å²) in [6.07, 6.45) is -3.73. The van der Waals surface area contributed by atoms with Crippen molar-refractivity contribution in [2.45, 2.75) is 33.0 Å². The minimum Gasteiger partial charge on any atom is -0.324 e. The largest absolute Gasteiger partial charge is 0.417 e. The quantitative estimate of drug-likeness (QED) is 0.716. The first kappa shape index (κ1) is 23.0. The van der Waals surface area contributed by atoms with Gasteiger partial charge in [0.1, 0.15) is 6.04 Å². The molecule has 0 saturated carbocycles. The van der Waals surface area contributed by atoms with Crippen LogP contribution in [-0.4, -0.2) is 26.6 Å². The summed E-state index contributed by atoms with van der Waals surface area (Å²) in [4.78, 5) is 12.7. The number of rotatable bonds is 5. The lowest BCUT2D eigenvalue weighted by molar-refractivity contribution is -0.137. The van der Waals surface area contributed by atoms with Crippen LogP contribution in [0.25, 0.3) is 0 Å². The highest BCUT2D eigenvalue weighted by atomic mass is 35.5. The molecule has 1 N–H and O–H groups in total. The highest BCUT2D eigenvalue weighted by Crippen LogP contribution is 2.36. The number of carbonyl (C=O) groups excluding carboxylic acids is 1. The van der Waals surface area contributed by atoms with Crippen LogP contribution in [0.15, 0.2) is 36.4 Å². The second-order valence-corrected chi connectivity index (χ2v) is 8.97. The first-order valence-corrected chi connectivity index (χ1v) is 10.7. The topological polar surface area (TPSA) is 66.5 Å². The molecule has 1 atom stereocenters. The van der Waals surface area contributed by atoms with E-state index in [4.69, 9.17) is 11.6 Å². The van der Waals surface area contributed by atoms with E-state index in [0.717, 1.165) is 22.2 Å². The molecule has 29 heavy (non-hydrogen) atoms. The summed E-state index contributed by atoms with van der Waals surface area (Å²) >= 11 is 5.58. The minimum atomic E-state index is -4.69. The molecule has 0 bridgehead atoms. The standard InChI is InChI=1S/C19H20ClF3N2O3S/c1-11-5-6-12(2)17(9-11)25(29(4,27)28)13(3)18(26)24-14-7-8-16(20)15(10-14)19(21,22)23/h5-10,13H,1-4H3,(H,24,26)/t13-/m0/s1. The summed E-state index contributed by atoms with van der Waals surface area (Å²) in [5, 5.41) is 1.83. The van der Waals surface area contributed by atoms with E-state index in [9.17, 15) is 26.4 Å². The summed E-state index contributed by atoms with van der Waals surface area (Å²) in [6, 6.07) is 6.88. The molecule has 1 amide bonds. The summed E-state index contributed by atoms with van der Waals surface area (Å²) in [7, 11) is -3.86. The van der Waals surface area contributed by atoms with Crippen molar-refractivity contribution >= 4 is 38.9 Å². The van der Waals surface area contributed by atoms with Crippen molar-refractivity contribution in [3.63, 3.8) is 0 Å². The number of carbonyl (C=O) groups is 1.